The number of hydrogen-bond acceptors (Lipinski definition) is 6. The van der Waals surface area contributed by atoms with Gasteiger partial charge in [0.1, 0.15) is 6.54 Å². The van der Waals surface area contributed by atoms with E-state index in [0.717, 1.165) is 6.26 Å². The van der Waals surface area contributed by atoms with E-state index in [2.05, 4.69) is 10.0 Å². The van der Waals surface area contributed by atoms with Gasteiger partial charge in [-0.1, -0.05) is 6.07 Å². The molecule has 0 aliphatic carbocycles. The van der Waals surface area contributed by atoms with Crippen LogP contribution < -0.4 is 24.4 Å². The summed E-state index contributed by atoms with van der Waals surface area (Å²) in [6, 6.07) is 11.2. The molecule has 0 aromatic heterocycles. The van der Waals surface area contributed by atoms with Gasteiger partial charge in [0.25, 0.3) is 0 Å². The summed E-state index contributed by atoms with van der Waals surface area (Å²) >= 11 is 0. The molecular weight excluding hydrogens is 424 g/mol. The van der Waals surface area contributed by atoms with E-state index in [-0.39, 0.29) is 18.5 Å². The largest absolute Gasteiger partial charge is 0.493 e. The highest BCUT2D eigenvalue weighted by Gasteiger charge is 2.31. The lowest BCUT2D eigenvalue weighted by Crippen LogP contribution is -2.37. The van der Waals surface area contributed by atoms with Gasteiger partial charge in [-0.25, -0.2) is 13.2 Å². The lowest BCUT2D eigenvalue weighted by Gasteiger charge is -2.19. The predicted molar refractivity (Wildman–Crippen MR) is 117 cm³/mol. The average molecular weight is 449 g/mol. The fourth-order valence-electron chi connectivity index (χ4n) is 3.21. The van der Waals surface area contributed by atoms with Gasteiger partial charge in [0, 0.05) is 30.5 Å². The number of anilines is 3. The van der Waals surface area contributed by atoms with E-state index in [9.17, 15) is 18.0 Å². The van der Waals surface area contributed by atoms with Crippen molar-refractivity contribution in [2.24, 2.45) is 0 Å². The molecule has 1 heterocycles. The van der Waals surface area contributed by atoms with Gasteiger partial charge in [0.05, 0.1) is 26.2 Å². The summed E-state index contributed by atoms with van der Waals surface area (Å²) in [7, 11) is -0.376. The maximum absolute atomic E-state index is 12.8. The number of amides is 3. The van der Waals surface area contributed by atoms with Crippen molar-refractivity contribution in [3.63, 3.8) is 0 Å². The Labute approximate surface area is 180 Å². The summed E-state index contributed by atoms with van der Waals surface area (Å²) in [4.78, 5) is 28.2. The first-order valence-corrected chi connectivity index (χ1v) is 11.3. The molecule has 1 fully saturated rings. The van der Waals surface area contributed by atoms with Crippen molar-refractivity contribution in [3.05, 3.63) is 42.5 Å². The molecule has 2 aromatic carbocycles. The summed E-state index contributed by atoms with van der Waals surface area (Å²) in [6.45, 7) is 0.679. The Kier molecular flexibility index (Phi) is 6.54. The molecule has 2 aromatic rings. The maximum Gasteiger partial charge on any atom is 0.325 e. The molecule has 0 radical (unpaired) electrons. The van der Waals surface area contributed by atoms with Gasteiger partial charge in [-0.3, -0.25) is 14.4 Å². The standard InChI is InChI=1S/C20H24N4O6S/c1-29-17-8-7-16(12-18(17)30-2)24-10-9-23(20(24)26)13-19(25)21-14-5-4-6-15(11-14)22-31(3,27)28/h4-8,11-12,22H,9-10,13H2,1-3H3,(H,21,25). The number of carbonyl (C=O) groups is 2. The molecule has 0 bridgehead atoms. The molecule has 3 amide bonds. The van der Waals surface area contributed by atoms with Crippen molar-refractivity contribution in [2.45, 2.75) is 0 Å². The normalized spacial score (nSPS) is 13.8. The van der Waals surface area contributed by atoms with E-state index in [1.165, 1.54) is 25.2 Å². The van der Waals surface area contributed by atoms with Crippen LogP contribution in [0.25, 0.3) is 0 Å². The van der Waals surface area contributed by atoms with Crippen LogP contribution in [-0.4, -0.2) is 65.4 Å². The highest BCUT2D eigenvalue weighted by Crippen LogP contribution is 2.32. The van der Waals surface area contributed by atoms with Crippen LogP contribution in [0.15, 0.2) is 42.5 Å². The van der Waals surface area contributed by atoms with Gasteiger partial charge in [0.2, 0.25) is 15.9 Å². The quantitative estimate of drug-likeness (QED) is 0.638. The first kappa shape index (κ1) is 22.2. The third-order valence-electron chi connectivity index (χ3n) is 4.56. The number of urea groups is 1. The highest BCUT2D eigenvalue weighted by atomic mass is 32.2. The monoisotopic (exact) mass is 448 g/mol. The number of benzene rings is 2. The van der Waals surface area contributed by atoms with Gasteiger partial charge in [-0.15, -0.1) is 0 Å². The molecule has 3 rings (SSSR count). The molecule has 0 atom stereocenters. The van der Waals surface area contributed by atoms with E-state index >= 15 is 0 Å². The first-order valence-electron chi connectivity index (χ1n) is 9.36. The molecule has 0 saturated carbocycles. The second kappa shape index (κ2) is 9.13. The Hall–Kier alpha value is -3.47. The fraction of sp³-hybridized carbons (Fsp3) is 0.300. The van der Waals surface area contributed by atoms with E-state index in [0.29, 0.717) is 41.7 Å². The van der Waals surface area contributed by atoms with E-state index in [1.807, 2.05) is 0 Å². The number of hydrogen-bond donors (Lipinski definition) is 2. The fourth-order valence-corrected chi connectivity index (χ4v) is 3.77. The van der Waals surface area contributed by atoms with Crippen LogP contribution >= 0.6 is 0 Å². The number of nitrogens with one attached hydrogen (secondary N) is 2. The van der Waals surface area contributed by atoms with Gasteiger partial charge in [-0.2, -0.15) is 0 Å². The van der Waals surface area contributed by atoms with Crippen molar-refractivity contribution >= 4 is 39.0 Å². The van der Waals surface area contributed by atoms with Crippen LogP contribution in [0.2, 0.25) is 0 Å². The SMILES string of the molecule is COc1ccc(N2CCN(CC(=O)Nc3cccc(NS(C)(=O)=O)c3)C2=O)cc1OC. The highest BCUT2D eigenvalue weighted by molar-refractivity contribution is 7.92. The summed E-state index contributed by atoms with van der Waals surface area (Å²) in [5, 5.41) is 2.68. The summed E-state index contributed by atoms with van der Waals surface area (Å²) in [5.74, 6) is 0.673. The molecule has 166 valence electrons. The number of carbonyl (C=O) groups excluding carboxylic acids is 2. The maximum atomic E-state index is 12.8. The Balaban J connectivity index is 1.63. The molecule has 1 saturated heterocycles. The topological polar surface area (TPSA) is 117 Å². The van der Waals surface area contributed by atoms with Crippen molar-refractivity contribution < 1.29 is 27.5 Å². The third-order valence-corrected chi connectivity index (χ3v) is 5.16. The Morgan fingerprint density at radius 2 is 1.74 bits per heavy atom. The first-order chi connectivity index (χ1) is 14.7. The zero-order valence-electron chi connectivity index (χ0n) is 17.4. The molecule has 1 aliphatic heterocycles. The Morgan fingerprint density at radius 1 is 1.03 bits per heavy atom. The zero-order valence-corrected chi connectivity index (χ0v) is 18.2. The number of ether oxygens (including phenoxy) is 2. The van der Waals surface area contributed by atoms with Crippen molar-refractivity contribution in [1.82, 2.24) is 4.90 Å². The van der Waals surface area contributed by atoms with Crippen molar-refractivity contribution in [3.8, 4) is 11.5 Å². The van der Waals surface area contributed by atoms with E-state index in [1.54, 1.807) is 41.3 Å². The number of nitrogens with zero attached hydrogens (tertiary/aromatic N) is 2. The smallest absolute Gasteiger partial charge is 0.325 e. The third kappa shape index (κ3) is 5.57. The number of methoxy groups -OCH3 is 2. The van der Waals surface area contributed by atoms with E-state index in [4.69, 9.17) is 9.47 Å². The van der Waals surface area contributed by atoms with Gasteiger partial charge in [0.15, 0.2) is 11.5 Å². The predicted octanol–water partition coefficient (Wildman–Crippen LogP) is 1.96. The summed E-state index contributed by atoms with van der Waals surface area (Å²) in [6.07, 6.45) is 1.04. The Bertz CT molecular complexity index is 1090. The second-order valence-corrected chi connectivity index (χ2v) is 8.65. The number of sulfonamides is 1. The van der Waals surface area contributed by atoms with E-state index < -0.39 is 10.0 Å². The van der Waals surface area contributed by atoms with Gasteiger partial charge < -0.3 is 19.7 Å². The Morgan fingerprint density at radius 3 is 2.42 bits per heavy atom. The van der Waals surface area contributed by atoms with Crippen LogP contribution in [0.5, 0.6) is 11.5 Å². The van der Waals surface area contributed by atoms with Crippen LogP contribution in [-0.2, 0) is 14.8 Å². The molecular formula is C20H24N4O6S. The van der Waals surface area contributed by atoms with Gasteiger partial charge in [-0.05, 0) is 30.3 Å². The molecule has 11 heteroatoms. The molecule has 1 aliphatic rings. The second-order valence-electron chi connectivity index (χ2n) is 6.90. The lowest BCUT2D eigenvalue weighted by molar-refractivity contribution is -0.116. The van der Waals surface area contributed by atoms with Crippen LogP contribution in [0.4, 0.5) is 21.9 Å². The molecule has 31 heavy (non-hydrogen) atoms. The van der Waals surface area contributed by atoms with Crippen LogP contribution in [0.1, 0.15) is 0 Å². The minimum Gasteiger partial charge on any atom is -0.493 e. The van der Waals surface area contributed by atoms with Crippen LogP contribution in [0.3, 0.4) is 0 Å². The van der Waals surface area contributed by atoms with Gasteiger partial charge >= 0.3 is 6.03 Å². The molecule has 0 spiro atoms. The molecule has 10 nitrogen and oxygen atoms in total. The lowest BCUT2D eigenvalue weighted by atomic mass is 10.2. The van der Waals surface area contributed by atoms with Crippen LogP contribution in [0, 0.1) is 0 Å². The summed E-state index contributed by atoms with van der Waals surface area (Å²) < 4.78 is 35.6. The minimum absolute atomic E-state index is 0.133. The molecule has 0 unspecified atom stereocenters. The van der Waals surface area contributed by atoms with Crippen molar-refractivity contribution in [1.29, 1.82) is 0 Å². The average Bonchev–Trinajstić information content (AvgIpc) is 3.06. The number of rotatable bonds is 8. The molecule has 2 N–H and O–H groups in total. The summed E-state index contributed by atoms with van der Waals surface area (Å²) in [5.41, 5.74) is 1.39. The zero-order chi connectivity index (χ0) is 22.6. The van der Waals surface area contributed by atoms with Crippen molar-refractivity contribution in [2.75, 3.05) is 55.0 Å². The minimum atomic E-state index is -3.43.